The highest BCUT2D eigenvalue weighted by atomic mass is 32.2. The predicted octanol–water partition coefficient (Wildman–Crippen LogP) is 1.70. The van der Waals surface area contributed by atoms with E-state index in [0.717, 1.165) is 25.0 Å². The SMILES string of the molecule is CCCCc1csc(NS(=O)(=O)O)n1. The molecule has 1 aromatic heterocycles. The average Bonchev–Trinajstić information content (AvgIpc) is 2.46. The summed E-state index contributed by atoms with van der Waals surface area (Å²) in [5.74, 6) is 0. The molecule has 1 heterocycles. The van der Waals surface area contributed by atoms with E-state index in [1.165, 1.54) is 11.3 Å². The van der Waals surface area contributed by atoms with Gasteiger partial charge in [0.05, 0.1) is 5.69 Å². The first-order chi connectivity index (χ1) is 6.51. The van der Waals surface area contributed by atoms with Crippen molar-refractivity contribution in [3.05, 3.63) is 11.1 Å². The molecule has 0 saturated heterocycles. The van der Waals surface area contributed by atoms with E-state index in [1.54, 1.807) is 5.38 Å². The van der Waals surface area contributed by atoms with Gasteiger partial charge in [-0.3, -0.25) is 4.55 Å². The van der Waals surface area contributed by atoms with Gasteiger partial charge in [-0.2, -0.15) is 8.42 Å². The molecular weight excluding hydrogens is 224 g/mol. The van der Waals surface area contributed by atoms with Crippen LogP contribution >= 0.6 is 11.3 Å². The monoisotopic (exact) mass is 236 g/mol. The van der Waals surface area contributed by atoms with Gasteiger partial charge < -0.3 is 0 Å². The van der Waals surface area contributed by atoms with E-state index in [9.17, 15) is 8.42 Å². The molecule has 0 saturated carbocycles. The molecule has 2 N–H and O–H groups in total. The van der Waals surface area contributed by atoms with Crippen molar-refractivity contribution in [2.45, 2.75) is 26.2 Å². The van der Waals surface area contributed by atoms with Gasteiger partial charge in [-0.15, -0.1) is 11.3 Å². The molecule has 0 aliphatic rings. The number of aryl methyl sites for hydroxylation is 1. The van der Waals surface area contributed by atoms with Crippen molar-refractivity contribution in [1.82, 2.24) is 4.98 Å². The molecule has 0 atom stereocenters. The molecule has 80 valence electrons. The van der Waals surface area contributed by atoms with E-state index in [-0.39, 0.29) is 5.13 Å². The van der Waals surface area contributed by atoms with Gasteiger partial charge in [0.15, 0.2) is 5.13 Å². The Balaban J connectivity index is 2.59. The molecule has 1 aromatic rings. The minimum Gasteiger partial charge on any atom is -0.269 e. The van der Waals surface area contributed by atoms with Crippen molar-refractivity contribution >= 4 is 26.8 Å². The van der Waals surface area contributed by atoms with Crippen LogP contribution in [-0.2, 0) is 16.7 Å². The number of nitrogens with one attached hydrogen (secondary N) is 1. The Morgan fingerprint density at radius 1 is 1.64 bits per heavy atom. The van der Waals surface area contributed by atoms with E-state index >= 15 is 0 Å². The lowest BCUT2D eigenvalue weighted by atomic mass is 10.2. The van der Waals surface area contributed by atoms with Gasteiger partial charge in [0.2, 0.25) is 0 Å². The van der Waals surface area contributed by atoms with E-state index in [4.69, 9.17) is 4.55 Å². The van der Waals surface area contributed by atoms with Crippen molar-refractivity contribution in [2.75, 3.05) is 4.72 Å². The van der Waals surface area contributed by atoms with Crippen LogP contribution in [0.5, 0.6) is 0 Å². The molecule has 14 heavy (non-hydrogen) atoms. The second kappa shape index (κ2) is 4.72. The highest BCUT2D eigenvalue weighted by Gasteiger charge is 2.07. The lowest BCUT2D eigenvalue weighted by molar-refractivity contribution is 0.489. The highest BCUT2D eigenvalue weighted by molar-refractivity contribution is 7.87. The summed E-state index contributed by atoms with van der Waals surface area (Å²) in [6.07, 6.45) is 2.92. The van der Waals surface area contributed by atoms with E-state index in [1.807, 2.05) is 4.72 Å². The summed E-state index contributed by atoms with van der Waals surface area (Å²) >= 11 is 1.17. The van der Waals surface area contributed by atoms with Crippen molar-refractivity contribution in [2.24, 2.45) is 0 Å². The first-order valence-electron chi connectivity index (χ1n) is 4.21. The fourth-order valence-corrected chi connectivity index (χ4v) is 2.30. The van der Waals surface area contributed by atoms with Crippen molar-refractivity contribution in [3.8, 4) is 0 Å². The summed E-state index contributed by atoms with van der Waals surface area (Å²) in [7, 11) is -4.19. The maximum Gasteiger partial charge on any atom is 0.359 e. The standard InChI is InChI=1S/C7H12N2O3S2/c1-2-3-4-6-5-13-7(8-6)9-14(10,11)12/h5H,2-4H2,1H3,(H,8,9)(H,10,11,12). The van der Waals surface area contributed by atoms with Crippen LogP contribution in [0.4, 0.5) is 5.13 Å². The third-order valence-corrected chi connectivity index (χ3v) is 2.94. The Hall–Kier alpha value is -0.660. The third-order valence-electron chi connectivity index (χ3n) is 1.55. The summed E-state index contributed by atoms with van der Waals surface area (Å²) in [6.45, 7) is 2.07. The van der Waals surface area contributed by atoms with Gasteiger partial charge in [-0.1, -0.05) is 13.3 Å². The topological polar surface area (TPSA) is 79.3 Å². The highest BCUT2D eigenvalue weighted by Crippen LogP contribution is 2.17. The number of aromatic nitrogens is 1. The molecular formula is C7H12N2O3S2. The number of hydrogen-bond acceptors (Lipinski definition) is 4. The zero-order valence-electron chi connectivity index (χ0n) is 7.73. The third kappa shape index (κ3) is 4.03. The van der Waals surface area contributed by atoms with E-state index < -0.39 is 10.3 Å². The average molecular weight is 236 g/mol. The lowest BCUT2D eigenvalue weighted by Gasteiger charge is -1.95. The van der Waals surface area contributed by atoms with Crippen LogP contribution in [0.15, 0.2) is 5.38 Å². The molecule has 0 aliphatic carbocycles. The van der Waals surface area contributed by atoms with Crippen LogP contribution in [0.3, 0.4) is 0 Å². The Labute approximate surface area is 87.1 Å². The van der Waals surface area contributed by atoms with Gasteiger partial charge in [-0.05, 0) is 12.8 Å². The van der Waals surface area contributed by atoms with Gasteiger partial charge in [0.1, 0.15) is 0 Å². The van der Waals surface area contributed by atoms with Crippen LogP contribution < -0.4 is 4.72 Å². The minimum atomic E-state index is -4.19. The Morgan fingerprint density at radius 3 is 2.93 bits per heavy atom. The van der Waals surface area contributed by atoms with Crippen LogP contribution in [-0.4, -0.2) is 18.0 Å². The van der Waals surface area contributed by atoms with Gasteiger partial charge >= 0.3 is 10.3 Å². The van der Waals surface area contributed by atoms with E-state index in [2.05, 4.69) is 11.9 Å². The summed E-state index contributed by atoms with van der Waals surface area (Å²) in [6, 6.07) is 0. The van der Waals surface area contributed by atoms with Crippen molar-refractivity contribution in [1.29, 1.82) is 0 Å². The second-order valence-electron chi connectivity index (χ2n) is 2.82. The van der Waals surface area contributed by atoms with Crippen molar-refractivity contribution < 1.29 is 13.0 Å². The Bertz CT molecular complexity index is 385. The smallest absolute Gasteiger partial charge is 0.269 e. The number of rotatable bonds is 5. The summed E-state index contributed by atoms with van der Waals surface area (Å²) in [4.78, 5) is 4.00. The van der Waals surface area contributed by atoms with Gasteiger partial charge in [0.25, 0.3) is 0 Å². The van der Waals surface area contributed by atoms with Gasteiger partial charge in [-0.25, -0.2) is 9.71 Å². The summed E-state index contributed by atoms with van der Waals surface area (Å²) < 4.78 is 31.3. The number of nitrogens with zero attached hydrogens (tertiary/aromatic N) is 1. The van der Waals surface area contributed by atoms with Crippen molar-refractivity contribution in [3.63, 3.8) is 0 Å². The van der Waals surface area contributed by atoms with E-state index in [0.29, 0.717) is 0 Å². The molecule has 0 unspecified atom stereocenters. The largest absolute Gasteiger partial charge is 0.359 e. The molecule has 0 amide bonds. The molecule has 7 heteroatoms. The molecule has 0 fully saturated rings. The number of unbranched alkanes of at least 4 members (excludes halogenated alkanes) is 1. The zero-order chi connectivity index (χ0) is 10.6. The fraction of sp³-hybridized carbons (Fsp3) is 0.571. The number of hydrogen-bond donors (Lipinski definition) is 2. The molecule has 0 aromatic carbocycles. The minimum absolute atomic E-state index is 0.207. The van der Waals surface area contributed by atoms with Crippen LogP contribution in [0.2, 0.25) is 0 Å². The molecule has 1 rings (SSSR count). The number of thiazole rings is 1. The first-order valence-corrected chi connectivity index (χ1v) is 6.53. The quantitative estimate of drug-likeness (QED) is 0.763. The molecule has 0 aliphatic heterocycles. The normalized spacial score (nSPS) is 11.6. The molecule has 5 nitrogen and oxygen atoms in total. The maximum atomic E-state index is 10.4. The van der Waals surface area contributed by atoms with Crippen LogP contribution in [0, 0.1) is 0 Å². The Kier molecular flexibility index (Phi) is 3.85. The number of anilines is 1. The van der Waals surface area contributed by atoms with Gasteiger partial charge in [0, 0.05) is 5.38 Å². The molecule has 0 bridgehead atoms. The lowest BCUT2D eigenvalue weighted by Crippen LogP contribution is -2.10. The second-order valence-corrected chi connectivity index (χ2v) is 4.84. The summed E-state index contributed by atoms with van der Waals surface area (Å²) in [5.41, 5.74) is 0.850. The van der Waals surface area contributed by atoms with Crippen LogP contribution in [0.1, 0.15) is 25.5 Å². The first kappa shape index (κ1) is 11.4. The maximum absolute atomic E-state index is 10.4. The fourth-order valence-electron chi connectivity index (χ4n) is 0.937. The predicted molar refractivity (Wildman–Crippen MR) is 55.9 cm³/mol. The molecule has 0 radical (unpaired) electrons. The Morgan fingerprint density at radius 2 is 2.36 bits per heavy atom. The van der Waals surface area contributed by atoms with Crippen LogP contribution in [0.25, 0.3) is 0 Å². The zero-order valence-corrected chi connectivity index (χ0v) is 9.36. The molecule has 0 spiro atoms. The summed E-state index contributed by atoms with van der Waals surface area (Å²) in [5, 5.41) is 1.99.